The molecule has 0 atom stereocenters. The molecule has 0 unspecified atom stereocenters. The zero-order valence-electron chi connectivity index (χ0n) is 12.2. The maximum Gasteiger partial charge on any atom is 0.313 e. The molecule has 1 heterocycles. The van der Waals surface area contributed by atoms with E-state index in [1.54, 1.807) is 18.2 Å². The standard InChI is InChI=1S/C16H11Cl2N3O2S/c17-11-6-5-9(7-12(11)18)19-16-20-13-4-2-1-3-10(13)15(21-16)24-8-14(22)23/h1-7H,8H2,(H,22,23)(H,19,20,21). The van der Waals surface area contributed by atoms with Gasteiger partial charge in [-0.05, 0) is 24.3 Å². The average Bonchev–Trinajstić information content (AvgIpc) is 2.56. The number of carbonyl (C=O) groups is 1. The number of carboxylic acids is 1. The van der Waals surface area contributed by atoms with Crippen LogP contribution < -0.4 is 5.32 Å². The Kier molecular flexibility index (Phi) is 5.08. The summed E-state index contributed by atoms with van der Waals surface area (Å²) in [5, 5.41) is 14.3. The lowest BCUT2D eigenvalue weighted by molar-refractivity contribution is -0.133. The summed E-state index contributed by atoms with van der Waals surface area (Å²) < 4.78 is 0. The topological polar surface area (TPSA) is 75.1 Å². The number of hydrogen-bond donors (Lipinski definition) is 2. The third-order valence-electron chi connectivity index (χ3n) is 3.08. The molecule has 0 saturated heterocycles. The molecular weight excluding hydrogens is 369 g/mol. The van der Waals surface area contributed by atoms with Crippen molar-refractivity contribution < 1.29 is 9.90 Å². The van der Waals surface area contributed by atoms with Crippen LogP contribution in [-0.2, 0) is 4.79 Å². The number of para-hydroxylation sites is 1. The SMILES string of the molecule is O=C(O)CSc1nc(Nc2ccc(Cl)c(Cl)c2)nc2ccccc12. The number of carboxylic acid groups (broad SMARTS) is 1. The maximum absolute atomic E-state index is 10.8. The minimum absolute atomic E-state index is 0.0762. The van der Waals surface area contributed by atoms with Crippen LogP contribution in [0.5, 0.6) is 0 Å². The number of halogens is 2. The smallest absolute Gasteiger partial charge is 0.313 e. The number of rotatable bonds is 5. The first-order chi connectivity index (χ1) is 11.5. The van der Waals surface area contributed by atoms with Gasteiger partial charge in [0, 0.05) is 11.1 Å². The van der Waals surface area contributed by atoms with Crippen LogP contribution in [0, 0.1) is 0 Å². The monoisotopic (exact) mass is 379 g/mol. The Morgan fingerprint density at radius 2 is 1.92 bits per heavy atom. The first kappa shape index (κ1) is 16.8. The molecule has 0 aliphatic rings. The quantitative estimate of drug-likeness (QED) is 0.487. The third kappa shape index (κ3) is 3.90. The van der Waals surface area contributed by atoms with Crippen molar-refractivity contribution in [3.63, 3.8) is 0 Å². The molecule has 0 fully saturated rings. The number of aliphatic carboxylic acids is 1. The lowest BCUT2D eigenvalue weighted by Gasteiger charge is -2.10. The highest BCUT2D eigenvalue weighted by molar-refractivity contribution is 8.00. The second-order valence-corrected chi connectivity index (χ2v) is 6.58. The number of benzene rings is 2. The van der Waals surface area contributed by atoms with Crippen LogP contribution in [0.15, 0.2) is 47.5 Å². The first-order valence-corrected chi connectivity index (χ1v) is 8.60. The molecule has 2 N–H and O–H groups in total. The largest absolute Gasteiger partial charge is 0.481 e. The van der Waals surface area contributed by atoms with E-state index in [-0.39, 0.29) is 5.75 Å². The number of aromatic nitrogens is 2. The lowest BCUT2D eigenvalue weighted by Crippen LogP contribution is -2.02. The predicted molar refractivity (Wildman–Crippen MR) is 97.6 cm³/mol. The van der Waals surface area contributed by atoms with Gasteiger partial charge in [0.2, 0.25) is 5.95 Å². The van der Waals surface area contributed by atoms with Crippen molar-refractivity contribution in [2.45, 2.75) is 5.03 Å². The summed E-state index contributed by atoms with van der Waals surface area (Å²) in [5.41, 5.74) is 1.41. The molecule has 5 nitrogen and oxygen atoms in total. The molecule has 0 aliphatic heterocycles. The Morgan fingerprint density at radius 1 is 1.12 bits per heavy atom. The van der Waals surface area contributed by atoms with Crippen molar-refractivity contribution in [2.24, 2.45) is 0 Å². The molecule has 0 amide bonds. The molecule has 3 aromatic rings. The van der Waals surface area contributed by atoms with Crippen molar-refractivity contribution in [1.82, 2.24) is 9.97 Å². The minimum Gasteiger partial charge on any atom is -0.481 e. The van der Waals surface area contributed by atoms with Gasteiger partial charge in [-0.2, -0.15) is 0 Å². The van der Waals surface area contributed by atoms with E-state index in [1.165, 1.54) is 0 Å². The van der Waals surface area contributed by atoms with E-state index in [9.17, 15) is 4.79 Å². The van der Waals surface area contributed by atoms with Gasteiger partial charge >= 0.3 is 5.97 Å². The molecule has 0 aliphatic carbocycles. The maximum atomic E-state index is 10.8. The average molecular weight is 380 g/mol. The number of hydrogen-bond acceptors (Lipinski definition) is 5. The van der Waals surface area contributed by atoms with Gasteiger partial charge in [0.1, 0.15) is 5.03 Å². The fourth-order valence-corrected chi connectivity index (χ4v) is 3.08. The fourth-order valence-electron chi connectivity index (χ4n) is 2.05. The molecule has 3 rings (SSSR count). The number of nitrogens with one attached hydrogen (secondary N) is 1. The summed E-state index contributed by atoms with van der Waals surface area (Å²) in [6.07, 6.45) is 0. The second-order valence-electron chi connectivity index (χ2n) is 4.81. The Balaban J connectivity index is 1.98. The minimum atomic E-state index is -0.901. The Hall–Kier alpha value is -2.02. The van der Waals surface area contributed by atoms with Crippen molar-refractivity contribution in [3.05, 3.63) is 52.5 Å². The molecule has 122 valence electrons. The summed E-state index contributed by atoms with van der Waals surface area (Å²) in [6, 6.07) is 12.5. The van der Waals surface area contributed by atoms with Gasteiger partial charge in [0.15, 0.2) is 0 Å². The van der Waals surface area contributed by atoms with E-state index in [1.807, 2.05) is 24.3 Å². The molecule has 2 aromatic carbocycles. The fraction of sp³-hybridized carbons (Fsp3) is 0.0625. The van der Waals surface area contributed by atoms with Gasteiger partial charge in [-0.25, -0.2) is 9.97 Å². The Morgan fingerprint density at radius 3 is 2.67 bits per heavy atom. The summed E-state index contributed by atoms with van der Waals surface area (Å²) in [5.74, 6) is -0.616. The third-order valence-corrected chi connectivity index (χ3v) is 4.79. The van der Waals surface area contributed by atoms with E-state index < -0.39 is 5.97 Å². The van der Waals surface area contributed by atoms with Crippen molar-refractivity contribution >= 4 is 63.5 Å². The number of nitrogens with zero attached hydrogens (tertiary/aromatic N) is 2. The van der Waals surface area contributed by atoms with E-state index in [2.05, 4.69) is 15.3 Å². The lowest BCUT2D eigenvalue weighted by atomic mass is 10.2. The second kappa shape index (κ2) is 7.25. The predicted octanol–water partition coefficient (Wildman–Crippen LogP) is 4.86. The molecule has 0 bridgehead atoms. The molecule has 0 spiro atoms. The van der Waals surface area contributed by atoms with Crippen molar-refractivity contribution in [1.29, 1.82) is 0 Å². The zero-order chi connectivity index (χ0) is 17.1. The van der Waals surface area contributed by atoms with E-state index in [4.69, 9.17) is 28.3 Å². The highest BCUT2D eigenvalue weighted by atomic mass is 35.5. The summed E-state index contributed by atoms with van der Waals surface area (Å²) in [7, 11) is 0. The van der Waals surface area contributed by atoms with E-state index in [0.29, 0.717) is 26.7 Å². The summed E-state index contributed by atoms with van der Waals surface area (Å²) in [4.78, 5) is 19.7. The van der Waals surface area contributed by atoms with Crippen molar-refractivity contribution in [3.8, 4) is 0 Å². The number of fused-ring (bicyclic) bond motifs is 1. The molecule has 8 heteroatoms. The van der Waals surface area contributed by atoms with E-state index in [0.717, 1.165) is 22.7 Å². The van der Waals surface area contributed by atoms with Gasteiger partial charge in [-0.1, -0.05) is 53.2 Å². The molecule has 0 saturated carbocycles. The molecule has 24 heavy (non-hydrogen) atoms. The van der Waals surface area contributed by atoms with Gasteiger partial charge in [-0.15, -0.1) is 0 Å². The molecular formula is C16H11Cl2N3O2S. The van der Waals surface area contributed by atoms with Crippen LogP contribution in [0.3, 0.4) is 0 Å². The van der Waals surface area contributed by atoms with Crippen LogP contribution in [0.25, 0.3) is 10.9 Å². The Bertz CT molecular complexity index is 921. The van der Waals surface area contributed by atoms with Gasteiger partial charge in [0.25, 0.3) is 0 Å². The first-order valence-electron chi connectivity index (χ1n) is 6.86. The van der Waals surface area contributed by atoms with E-state index >= 15 is 0 Å². The zero-order valence-corrected chi connectivity index (χ0v) is 14.5. The Labute approximate surface area is 152 Å². The highest BCUT2D eigenvalue weighted by Gasteiger charge is 2.10. The van der Waals surface area contributed by atoms with Crippen LogP contribution in [0.2, 0.25) is 10.0 Å². The number of thioether (sulfide) groups is 1. The molecule has 1 aromatic heterocycles. The van der Waals surface area contributed by atoms with Gasteiger partial charge < -0.3 is 10.4 Å². The van der Waals surface area contributed by atoms with Crippen LogP contribution >= 0.6 is 35.0 Å². The van der Waals surface area contributed by atoms with Gasteiger partial charge in [-0.3, -0.25) is 4.79 Å². The van der Waals surface area contributed by atoms with Crippen LogP contribution in [0.4, 0.5) is 11.6 Å². The van der Waals surface area contributed by atoms with Crippen LogP contribution in [0.1, 0.15) is 0 Å². The highest BCUT2D eigenvalue weighted by Crippen LogP contribution is 2.29. The van der Waals surface area contributed by atoms with Crippen LogP contribution in [-0.4, -0.2) is 26.8 Å². The number of anilines is 2. The molecule has 0 radical (unpaired) electrons. The summed E-state index contributed by atoms with van der Waals surface area (Å²) in [6.45, 7) is 0. The summed E-state index contributed by atoms with van der Waals surface area (Å²) >= 11 is 13.1. The van der Waals surface area contributed by atoms with Crippen molar-refractivity contribution in [2.75, 3.05) is 11.1 Å². The normalized spacial score (nSPS) is 10.8. The van der Waals surface area contributed by atoms with Gasteiger partial charge in [0.05, 0.1) is 21.3 Å².